The van der Waals surface area contributed by atoms with Crippen LogP contribution in [0.4, 0.5) is 0 Å². The van der Waals surface area contributed by atoms with Crippen LogP contribution in [0.5, 0.6) is 0 Å². The predicted molar refractivity (Wildman–Crippen MR) is 141 cm³/mol. The van der Waals surface area contributed by atoms with Crippen molar-refractivity contribution in [2.24, 2.45) is 50.7 Å². The third kappa shape index (κ3) is 3.21. The Morgan fingerprint density at radius 3 is 2.23 bits per heavy atom. The van der Waals surface area contributed by atoms with E-state index in [4.69, 9.17) is 4.74 Å². The monoisotopic (exact) mass is 482 g/mol. The maximum absolute atomic E-state index is 12.6. The minimum Gasteiger partial charge on any atom is -0.462 e. The van der Waals surface area contributed by atoms with E-state index < -0.39 is 0 Å². The first-order valence-electron chi connectivity index (χ1n) is 14.6. The van der Waals surface area contributed by atoms with Gasteiger partial charge in [0, 0.05) is 17.8 Å². The maximum Gasteiger partial charge on any atom is 0.302 e. The van der Waals surface area contributed by atoms with Crippen molar-refractivity contribution in [2.75, 3.05) is 0 Å². The van der Waals surface area contributed by atoms with Crippen molar-refractivity contribution in [3.8, 4) is 0 Å². The van der Waals surface area contributed by atoms with E-state index in [1.165, 1.54) is 38.4 Å². The van der Waals surface area contributed by atoms with Gasteiger partial charge >= 0.3 is 5.97 Å². The minimum atomic E-state index is -0.168. The Morgan fingerprint density at radius 1 is 0.886 bits per heavy atom. The molecule has 0 aromatic rings. The van der Waals surface area contributed by atoms with E-state index >= 15 is 0 Å². The second-order valence-corrected chi connectivity index (χ2v) is 14.9. The Labute approximate surface area is 214 Å². The molecule has 0 N–H and O–H groups in total. The van der Waals surface area contributed by atoms with Gasteiger partial charge in [0.15, 0.2) is 0 Å². The van der Waals surface area contributed by atoms with Crippen LogP contribution in [0, 0.1) is 50.7 Å². The van der Waals surface area contributed by atoms with E-state index in [0.717, 1.165) is 32.1 Å². The highest BCUT2D eigenvalue weighted by molar-refractivity contribution is 5.69. The summed E-state index contributed by atoms with van der Waals surface area (Å²) in [5.41, 5.74) is 3.89. The fraction of sp³-hybridized carbons (Fsp3) is 0.875. The van der Waals surface area contributed by atoms with Gasteiger partial charge in [0.2, 0.25) is 0 Å². The number of rotatable bonds is 3. The summed E-state index contributed by atoms with van der Waals surface area (Å²) in [6, 6.07) is 0. The summed E-state index contributed by atoms with van der Waals surface area (Å²) < 4.78 is 5.89. The van der Waals surface area contributed by atoms with E-state index in [-0.39, 0.29) is 39.1 Å². The number of carbonyl (C=O) groups excluding carboxylic acids is 2. The van der Waals surface area contributed by atoms with Gasteiger partial charge in [-0.05, 0) is 104 Å². The molecule has 8 atom stereocenters. The van der Waals surface area contributed by atoms with Gasteiger partial charge in [-0.2, -0.15) is 0 Å². The second-order valence-electron chi connectivity index (χ2n) is 14.9. The van der Waals surface area contributed by atoms with Crippen LogP contribution in [0.3, 0.4) is 0 Å². The van der Waals surface area contributed by atoms with Gasteiger partial charge in [-0.3, -0.25) is 4.79 Å². The number of carbonyl (C=O) groups is 2. The highest BCUT2D eigenvalue weighted by Crippen LogP contribution is 2.76. The lowest BCUT2D eigenvalue weighted by molar-refractivity contribution is -0.232. The van der Waals surface area contributed by atoms with Gasteiger partial charge in [0.1, 0.15) is 12.4 Å². The van der Waals surface area contributed by atoms with Gasteiger partial charge in [-0.1, -0.05) is 59.6 Å². The number of hydrogen-bond acceptors (Lipinski definition) is 3. The standard InChI is InChI=1S/C32H50O3/c1-20(2)22-11-16-32(19-33)18-17-30(7)23(27(22)32)9-10-25-29(6)14-13-26(35-21(3)34)28(4,5)24(29)12-15-31(25,30)8/h19-20,23-26H,9-18H2,1-8H3/t23-,24+,25-,26+,29+,30-,31?,32-/m1/s1. The Bertz CT molecular complexity index is 944. The number of fused-ring (bicyclic) bond motifs is 7. The molecule has 5 aliphatic carbocycles. The maximum atomic E-state index is 12.6. The highest BCUT2D eigenvalue weighted by atomic mass is 16.5. The molecule has 0 spiro atoms. The molecule has 4 saturated carbocycles. The zero-order valence-electron chi connectivity index (χ0n) is 23.8. The molecule has 0 bridgehead atoms. The summed E-state index contributed by atoms with van der Waals surface area (Å²) in [5, 5.41) is 0. The number of allylic oxidation sites excluding steroid dienone is 2. The number of esters is 1. The molecule has 0 aromatic heterocycles. The molecule has 5 rings (SSSR count). The smallest absolute Gasteiger partial charge is 0.302 e. The molecule has 3 heteroatoms. The molecule has 3 nitrogen and oxygen atoms in total. The average Bonchev–Trinajstić information content (AvgIpc) is 3.16. The lowest BCUT2D eigenvalue weighted by Crippen LogP contribution is -2.65. The SMILES string of the molecule is CC(=O)O[C@H]1CC[C@@]2(C)[C@@H](CCC3(C)[C@@H]2CC[C@@H]2C4=C(C(C)C)CC[C@]4(C=O)CC[C@]23C)C1(C)C. The molecule has 1 unspecified atom stereocenters. The topological polar surface area (TPSA) is 43.4 Å². The zero-order chi connectivity index (χ0) is 25.6. The van der Waals surface area contributed by atoms with Crippen LogP contribution in [0.25, 0.3) is 0 Å². The molecule has 0 aromatic carbocycles. The van der Waals surface area contributed by atoms with Crippen molar-refractivity contribution in [1.82, 2.24) is 0 Å². The first-order chi connectivity index (χ1) is 16.3. The summed E-state index contributed by atoms with van der Waals surface area (Å²) in [4.78, 5) is 24.5. The lowest BCUT2D eigenvalue weighted by Gasteiger charge is -2.72. The Morgan fingerprint density at radius 2 is 1.60 bits per heavy atom. The third-order valence-corrected chi connectivity index (χ3v) is 13.2. The number of ether oxygens (including phenoxy) is 1. The number of hydrogen-bond donors (Lipinski definition) is 0. The molecule has 0 heterocycles. The van der Waals surface area contributed by atoms with Crippen LogP contribution >= 0.6 is 0 Å². The van der Waals surface area contributed by atoms with Crippen LogP contribution in [0.15, 0.2) is 11.1 Å². The van der Waals surface area contributed by atoms with Gasteiger partial charge in [-0.15, -0.1) is 0 Å². The van der Waals surface area contributed by atoms with Crippen LogP contribution in [0.1, 0.15) is 120 Å². The summed E-state index contributed by atoms with van der Waals surface area (Å²) in [6.07, 6.45) is 13.0. The molecule has 0 radical (unpaired) electrons. The lowest BCUT2D eigenvalue weighted by atomic mass is 9.33. The fourth-order valence-corrected chi connectivity index (χ4v) is 11.3. The third-order valence-electron chi connectivity index (χ3n) is 13.2. The molecule has 35 heavy (non-hydrogen) atoms. The van der Waals surface area contributed by atoms with Crippen molar-refractivity contribution in [1.29, 1.82) is 0 Å². The molecule has 5 aliphatic rings. The highest BCUT2D eigenvalue weighted by Gasteiger charge is 2.69. The fourth-order valence-electron chi connectivity index (χ4n) is 11.3. The second kappa shape index (κ2) is 7.94. The minimum absolute atomic E-state index is 0.00970. The number of aldehydes is 1. The van der Waals surface area contributed by atoms with Gasteiger partial charge < -0.3 is 9.53 Å². The van der Waals surface area contributed by atoms with Crippen molar-refractivity contribution >= 4 is 12.3 Å². The summed E-state index contributed by atoms with van der Waals surface area (Å²) in [5.74, 6) is 2.26. The first kappa shape index (κ1) is 25.5. The normalized spacial score (nSPS) is 48.5. The summed E-state index contributed by atoms with van der Waals surface area (Å²) >= 11 is 0. The zero-order valence-corrected chi connectivity index (χ0v) is 23.8. The molecule has 0 aliphatic heterocycles. The summed E-state index contributed by atoms with van der Waals surface area (Å²) in [6.45, 7) is 18.9. The van der Waals surface area contributed by atoms with E-state index in [1.54, 1.807) is 18.1 Å². The van der Waals surface area contributed by atoms with E-state index in [2.05, 4.69) is 48.5 Å². The van der Waals surface area contributed by atoms with Crippen LogP contribution in [-0.4, -0.2) is 18.4 Å². The van der Waals surface area contributed by atoms with Gasteiger partial charge in [-0.25, -0.2) is 0 Å². The van der Waals surface area contributed by atoms with Gasteiger partial charge in [0.25, 0.3) is 0 Å². The molecule has 4 fully saturated rings. The quantitative estimate of drug-likeness (QED) is 0.233. The van der Waals surface area contributed by atoms with Crippen molar-refractivity contribution in [3.05, 3.63) is 11.1 Å². The summed E-state index contributed by atoms with van der Waals surface area (Å²) in [7, 11) is 0. The van der Waals surface area contributed by atoms with E-state index in [0.29, 0.717) is 23.7 Å². The van der Waals surface area contributed by atoms with E-state index in [1.807, 2.05) is 0 Å². The van der Waals surface area contributed by atoms with Crippen molar-refractivity contribution < 1.29 is 14.3 Å². The van der Waals surface area contributed by atoms with Crippen LogP contribution in [-0.2, 0) is 14.3 Å². The molecular formula is C32H50O3. The van der Waals surface area contributed by atoms with E-state index in [9.17, 15) is 9.59 Å². The van der Waals surface area contributed by atoms with Crippen LogP contribution < -0.4 is 0 Å². The molecule has 196 valence electrons. The Kier molecular flexibility index (Phi) is 5.79. The molecule has 0 amide bonds. The van der Waals surface area contributed by atoms with Crippen molar-refractivity contribution in [3.63, 3.8) is 0 Å². The first-order valence-corrected chi connectivity index (χ1v) is 14.6. The van der Waals surface area contributed by atoms with Crippen molar-refractivity contribution in [2.45, 2.75) is 126 Å². The van der Waals surface area contributed by atoms with Gasteiger partial charge in [0.05, 0.1) is 0 Å². The Hall–Kier alpha value is -1.12. The molecule has 0 saturated heterocycles. The largest absolute Gasteiger partial charge is 0.462 e. The average molecular weight is 483 g/mol. The predicted octanol–water partition coefficient (Wildman–Crippen LogP) is 7.92. The van der Waals surface area contributed by atoms with Crippen LogP contribution in [0.2, 0.25) is 0 Å². The Balaban J connectivity index is 1.54. The molecular weight excluding hydrogens is 432 g/mol.